The van der Waals surface area contributed by atoms with Crippen molar-refractivity contribution in [3.8, 4) is 17.1 Å². The van der Waals surface area contributed by atoms with E-state index in [2.05, 4.69) is 30.6 Å². The molecule has 0 aliphatic heterocycles. The number of carbonyl (C=O) groups excluding carboxylic acids is 1. The molecule has 4 aromatic rings. The Morgan fingerprint density at radius 3 is 2.39 bits per heavy atom. The van der Waals surface area contributed by atoms with Crippen LogP contribution in [0.3, 0.4) is 0 Å². The second-order valence-corrected chi connectivity index (χ2v) is 6.12. The van der Waals surface area contributed by atoms with Crippen LogP contribution in [0.2, 0.25) is 0 Å². The number of fused-ring (bicyclic) bond motifs is 1. The first-order valence-electron chi connectivity index (χ1n) is 8.62. The van der Waals surface area contributed by atoms with Gasteiger partial charge in [0.25, 0.3) is 0 Å². The lowest BCUT2D eigenvalue weighted by molar-refractivity contribution is -0.114. The van der Waals surface area contributed by atoms with Gasteiger partial charge >= 0.3 is 0 Å². The number of H-pyrrole nitrogens is 1. The number of hydrogen-bond acceptors (Lipinski definition) is 6. The predicted octanol–water partition coefficient (Wildman–Crippen LogP) is 3.73. The summed E-state index contributed by atoms with van der Waals surface area (Å²) in [6.07, 6.45) is 1.47. The number of rotatable bonds is 5. The van der Waals surface area contributed by atoms with Gasteiger partial charge in [0.2, 0.25) is 5.91 Å². The highest BCUT2D eigenvalue weighted by molar-refractivity contribution is 5.90. The molecule has 0 saturated heterocycles. The number of hydrogen-bond donors (Lipinski definition) is 3. The van der Waals surface area contributed by atoms with E-state index >= 15 is 0 Å². The van der Waals surface area contributed by atoms with Crippen LogP contribution in [0.25, 0.3) is 22.6 Å². The molecule has 2 aromatic carbocycles. The highest BCUT2D eigenvalue weighted by Crippen LogP contribution is 2.26. The van der Waals surface area contributed by atoms with Crippen molar-refractivity contribution < 1.29 is 9.53 Å². The third kappa shape index (κ3) is 3.61. The lowest BCUT2D eigenvalue weighted by Crippen LogP contribution is -2.05. The van der Waals surface area contributed by atoms with Crippen molar-refractivity contribution in [3.63, 3.8) is 0 Å². The fourth-order valence-electron chi connectivity index (χ4n) is 2.79. The molecule has 2 heterocycles. The second-order valence-electron chi connectivity index (χ2n) is 6.12. The Balaban J connectivity index is 1.62. The molecule has 0 fully saturated rings. The zero-order chi connectivity index (χ0) is 19.5. The minimum absolute atomic E-state index is 0.110. The number of nitrogens with zero attached hydrogens (tertiary/aromatic N) is 3. The summed E-state index contributed by atoms with van der Waals surface area (Å²) in [4.78, 5) is 27.5. The number of amides is 1. The van der Waals surface area contributed by atoms with Crippen LogP contribution >= 0.6 is 0 Å². The fraction of sp³-hybridized carbons (Fsp3) is 0.100. The average Bonchev–Trinajstić information content (AvgIpc) is 3.14. The number of aromatic nitrogens is 4. The van der Waals surface area contributed by atoms with Gasteiger partial charge in [-0.2, -0.15) is 0 Å². The topological polar surface area (TPSA) is 105 Å². The summed E-state index contributed by atoms with van der Waals surface area (Å²) in [7, 11) is 1.63. The molecule has 0 aliphatic rings. The fourth-order valence-corrected chi connectivity index (χ4v) is 2.79. The van der Waals surface area contributed by atoms with Crippen molar-refractivity contribution in [1.29, 1.82) is 0 Å². The van der Waals surface area contributed by atoms with Crippen LogP contribution < -0.4 is 15.4 Å². The maximum Gasteiger partial charge on any atom is 0.221 e. The van der Waals surface area contributed by atoms with Gasteiger partial charge in [-0.25, -0.2) is 15.0 Å². The number of nitrogens with one attached hydrogen (secondary N) is 3. The molecule has 0 aliphatic carbocycles. The zero-order valence-corrected chi connectivity index (χ0v) is 15.4. The van der Waals surface area contributed by atoms with E-state index in [-0.39, 0.29) is 5.91 Å². The van der Waals surface area contributed by atoms with Gasteiger partial charge in [-0.15, -0.1) is 0 Å². The first-order valence-corrected chi connectivity index (χ1v) is 8.62. The van der Waals surface area contributed by atoms with E-state index in [9.17, 15) is 4.79 Å². The van der Waals surface area contributed by atoms with Crippen molar-refractivity contribution in [2.75, 3.05) is 17.7 Å². The largest absolute Gasteiger partial charge is 0.497 e. The molecule has 28 heavy (non-hydrogen) atoms. The summed E-state index contributed by atoms with van der Waals surface area (Å²) in [5.41, 5.74) is 3.76. The average molecular weight is 374 g/mol. The normalized spacial score (nSPS) is 10.6. The second kappa shape index (κ2) is 7.36. The first-order chi connectivity index (χ1) is 13.6. The third-order valence-corrected chi connectivity index (χ3v) is 4.12. The molecule has 0 saturated carbocycles. The van der Waals surface area contributed by atoms with Gasteiger partial charge in [-0.05, 0) is 48.5 Å². The first kappa shape index (κ1) is 17.5. The van der Waals surface area contributed by atoms with Crippen molar-refractivity contribution in [2.45, 2.75) is 6.92 Å². The predicted molar refractivity (Wildman–Crippen MR) is 108 cm³/mol. The quantitative estimate of drug-likeness (QED) is 0.492. The highest BCUT2D eigenvalue weighted by Gasteiger charge is 2.11. The maximum absolute atomic E-state index is 11.1. The lowest BCUT2D eigenvalue weighted by Gasteiger charge is -2.07. The van der Waals surface area contributed by atoms with Gasteiger partial charge in [0, 0.05) is 23.9 Å². The van der Waals surface area contributed by atoms with E-state index < -0.39 is 0 Å². The molecule has 0 radical (unpaired) electrons. The van der Waals surface area contributed by atoms with Crippen LogP contribution in [-0.2, 0) is 4.79 Å². The number of methoxy groups -OCH3 is 1. The van der Waals surface area contributed by atoms with Gasteiger partial charge in [0.1, 0.15) is 23.4 Å². The Morgan fingerprint density at radius 2 is 1.71 bits per heavy atom. The molecule has 140 valence electrons. The molecule has 0 unspecified atom stereocenters. The van der Waals surface area contributed by atoms with Crippen LogP contribution in [-0.4, -0.2) is 33.0 Å². The number of anilines is 3. The summed E-state index contributed by atoms with van der Waals surface area (Å²) in [5.74, 6) is 1.98. The summed E-state index contributed by atoms with van der Waals surface area (Å²) in [6.45, 7) is 1.47. The van der Waals surface area contributed by atoms with E-state index in [4.69, 9.17) is 4.74 Å². The SMILES string of the molecule is COc1ccc(-c2nc3ncnc(Nc4ccc(NC(C)=O)cc4)c3[nH]2)cc1. The lowest BCUT2D eigenvalue weighted by atomic mass is 10.2. The molecule has 0 spiro atoms. The monoisotopic (exact) mass is 374 g/mol. The minimum atomic E-state index is -0.110. The summed E-state index contributed by atoms with van der Waals surface area (Å²) < 4.78 is 5.19. The number of ether oxygens (including phenoxy) is 1. The third-order valence-electron chi connectivity index (χ3n) is 4.12. The summed E-state index contributed by atoms with van der Waals surface area (Å²) >= 11 is 0. The minimum Gasteiger partial charge on any atom is -0.497 e. The molecule has 4 rings (SSSR count). The van der Waals surface area contributed by atoms with Gasteiger partial charge in [-0.1, -0.05) is 0 Å². The molecule has 2 aromatic heterocycles. The van der Waals surface area contributed by atoms with Crippen LogP contribution in [0.4, 0.5) is 17.2 Å². The van der Waals surface area contributed by atoms with E-state index in [0.717, 1.165) is 22.7 Å². The van der Waals surface area contributed by atoms with Gasteiger partial charge in [0.15, 0.2) is 11.5 Å². The van der Waals surface area contributed by atoms with Crippen molar-refractivity contribution >= 4 is 34.3 Å². The van der Waals surface area contributed by atoms with Crippen molar-refractivity contribution in [3.05, 3.63) is 54.9 Å². The number of benzene rings is 2. The van der Waals surface area contributed by atoms with Gasteiger partial charge in [-0.3, -0.25) is 4.79 Å². The smallest absolute Gasteiger partial charge is 0.221 e. The Hall–Kier alpha value is -3.94. The maximum atomic E-state index is 11.1. The van der Waals surface area contributed by atoms with E-state index in [0.29, 0.717) is 22.8 Å². The van der Waals surface area contributed by atoms with Crippen molar-refractivity contribution in [1.82, 2.24) is 19.9 Å². The van der Waals surface area contributed by atoms with Crippen molar-refractivity contribution in [2.24, 2.45) is 0 Å². The summed E-state index contributed by atoms with van der Waals surface area (Å²) in [6, 6.07) is 15.0. The van der Waals surface area contributed by atoms with E-state index in [1.807, 2.05) is 48.5 Å². The standard InChI is InChI=1S/C20H18N6O2/c1-12(27)23-14-5-7-15(8-6-14)24-19-17-20(22-11-21-19)26-18(25-17)13-3-9-16(28-2)10-4-13/h3-11H,1-2H3,(H,23,27)(H2,21,22,24,25,26). The Kier molecular flexibility index (Phi) is 4.59. The number of aromatic amines is 1. The molecular weight excluding hydrogens is 356 g/mol. The molecule has 0 bridgehead atoms. The molecule has 8 nitrogen and oxygen atoms in total. The molecule has 8 heteroatoms. The number of imidazole rings is 1. The Bertz CT molecular complexity index is 1120. The van der Waals surface area contributed by atoms with Crippen LogP contribution in [0.1, 0.15) is 6.92 Å². The molecular formula is C20H18N6O2. The highest BCUT2D eigenvalue weighted by atomic mass is 16.5. The molecule has 0 atom stereocenters. The van der Waals surface area contributed by atoms with Crippen LogP contribution in [0.5, 0.6) is 5.75 Å². The zero-order valence-electron chi connectivity index (χ0n) is 15.4. The van der Waals surface area contributed by atoms with Gasteiger partial charge in [0.05, 0.1) is 7.11 Å². The van der Waals surface area contributed by atoms with E-state index in [1.54, 1.807) is 7.11 Å². The molecule has 1 amide bonds. The Morgan fingerprint density at radius 1 is 1.00 bits per heavy atom. The summed E-state index contributed by atoms with van der Waals surface area (Å²) in [5, 5.41) is 5.99. The van der Waals surface area contributed by atoms with Crippen LogP contribution in [0.15, 0.2) is 54.9 Å². The molecule has 3 N–H and O–H groups in total. The van der Waals surface area contributed by atoms with Crippen LogP contribution in [0, 0.1) is 0 Å². The number of carbonyl (C=O) groups is 1. The van der Waals surface area contributed by atoms with E-state index in [1.165, 1.54) is 13.3 Å². The van der Waals surface area contributed by atoms with Gasteiger partial charge < -0.3 is 20.4 Å². The Labute approximate surface area is 161 Å².